The normalized spacial score (nSPS) is 22.5. The van der Waals surface area contributed by atoms with Crippen molar-refractivity contribution in [3.05, 3.63) is 144 Å². The van der Waals surface area contributed by atoms with Crippen LogP contribution >= 0.6 is 72.3 Å². The van der Waals surface area contributed by atoms with Gasteiger partial charge >= 0.3 is 0 Å². The Morgan fingerprint density at radius 1 is 0.778 bits per heavy atom. The lowest BCUT2D eigenvalue weighted by Gasteiger charge is -2.41. The van der Waals surface area contributed by atoms with Crippen molar-refractivity contribution in [2.75, 3.05) is 37.0 Å². The molecule has 2 fully saturated rings. The van der Waals surface area contributed by atoms with Crippen molar-refractivity contribution in [1.82, 2.24) is 10.6 Å². The molecule has 0 spiro atoms. The summed E-state index contributed by atoms with van der Waals surface area (Å²) >= 11 is 17.7. The number of rotatable bonds is 20. The maximum atomic E-state index is 7.19. The maximum absolute atomic E-state index is 7.19. The van der Waals surface area contributed by atoms with E-state index in [1.165, 1.54) is 22.3 Å². The van der Waals surface area contributed by atoms with Gasteiger partial charge in [-0.05, 0) is 34.6 Å². The lowest BCUT2D eigenvalue weighted by Crippen LogP contribution is -2.59. The first kappa shape index (κ1) is 42.4. The van der Waals surface area contributed by atoms with Gasteiger partial charge in [0, 0.05) is 52.0 Å². The molecule has 11 heteroatoms. The lowest BCUT2D eigenvalue weighted by atomic mass is 10.0. The number of thiol groups is 2. The molecule has 2 saturated heterocycles. The van der Waals surface area contributed by atoms with Crippen LogP contribution in [0.3, 0.4) is 0 Å². The topological polar surface area (TPSA) is 68.5 Å². The summed E-state index contributed by atoms with van der Waals surface area (Å²) in [6.45, 7) is 6.41. The minimum Gasteiger partial charge on any atom is -0.345 e. The van der Waals surface area contributed by atoms with E-state index in [1.807, 2.05) is 47.0 Å². The van der Waals surface area contributed by atoms with Crippen LogP contribution in [-0.2, 0) is 15.9 Å². The molecule has 2 aliphatic heterocycles. The summed E-state index contributed by atoms with van der Waals surface area (Å²) in [5.41, 5.74) is 12.2. The molecule has 6 unspecified atom stereocenters. The zero-order valence-corrected chi connectivity index (χ0v) is 36.2. The summed E-state index contributed by atoms with van der Waals surface area (Å²) < 4.78 is 13.0. The molecule has 0 saturated carbocycles. The van der Waals surface area contributed by atoms with Crippen molar-refractivity contribution in [2.24, 2.45) is 11.7 Å². The molecule has 2 aliphatic rings. The van der Waals surface area contributed by atoms with Gasteiger partial charge in [0.2, 0.25) is 0 Å². The third kappa shape index (κ3) is 12.1. The molecule has 4 aromatic rings. The second kappa shape index (κ2) is 21.0. The summed E-state index contributed by atoms with van der Waals surface area (Å²) in [6.07, 6.45) is 1.60. The van der Waals surface area contributed by atoms with Crippen LogP contribution in [-0.4, -0.2) is 63.8 Å². The molecule has 290 valence electrons. The Balaban J connectivity index is 1.27. The molecular weight excluding hydrogens is 783 g/mol. The maximum Gasteiger partial charge on any atom is 0.197 e. The second-order valence-electron chi connectivity index (χ2n) is 14.4. The fraction of sp³-hybridized carbons (Fsp3) is 0.442. The SMILES string of the molecule is CC(C)CC(NC(SCC(S)c1ccccc1)C1(Cc2ccccc2)OCCO1)C(NC[C@@]1(N)SCC(c2ccccc2)S1)SCC(S)c1ccccc1. The van der Waals surface area contributed by atoms with E-state index in [4.69, 9.17) is 40.5 Å². The third-order valence-electron chi connectivity index (χ3n) is 9.69. The van der Waals surface area contributed by atoms with Crippen LogP contribution < -0.4 is 16.4 Å². The molecule has 6 rings (SSSR count). The first-order valence-corrected chi connectivity index (χ1v) is 23.9. The van der Waals surface area contributed by atoms with E-state index < -0.39 is 9.99 Å². The standard InChI is InChI=1S/C43H55N3O2S6/c1-31(2)25-36(46-41(52-28-38(50)34-19-11-5-12-20-34)42(47-23-24-48-42)26-32-15-7-3-8-16-32)40(51-27-37(49)33-17-9-4-10-18-33)45-30-43(44)53-29-39(54-43)35-21-13-6-14-22-35/h3-22,31,36-41,45-46,49-50H,23-30,44H2,1-2H3/t36?,37?,38?,39?,40?,41?,43-/m1/s1. The third-order valence-corrected chi connectivity index (χ3v) is 17.1. The molecule has 0 radical (unpaired) electrons. The summed E-state index contributed by atoms with van der Waals surface area (Å²) in [7, 11) is 0. The van der Waals surface area contributed by atoms with Crippen molar-refractivity contribution in [2.45, 2.75) is 69.2 Å². The van der Waals surface area contributed by atoms with Gasteiger partial charge in [-0.25, -0.2) is 0 Å². The van der Waals surface area contributed by atoms with Crippen LogP contribution in [0.5, 0.6) is 0 Å². The van der Waals surface area contributed by atoms with Gasteiger partial charge < -0.3 is 20.5 Å². The van der Waals surface area contributed by atoms with Crippen LogP contribution in [0.1, 0.15) is 58.3 Å². The van der Waals surface area contributed by atoms with Gasteiger partial charge in [0.05, 0.1) is 18.6 Å². The average molecular weight is 838 g/mol. The summed E-state index contributed by atoms with van der Waals surface area (Å²) in [6, 6.07) is 42.6. The lowest BCUT2D eigenvalue weighted by molar-refractivity contribution is -0.162. The Hall–Kier alpha value is -1.22. The van der Waals surface area contributed by atoms with E-state index in [9.17, 15) is 0 Å². The number of nitrogens with two attached hydrogens (primary N) is 1. The number of nitrogens with one attached hydrogen (secondary N) is 2. The molecule has 0 aromatic heterocycles. The van der Waals surface area contributed by atoms with Crippen LogP contribution in [0.25, 0.3) is 0 Å². The van der Waals surface area contributed by atoms with E-state index in [2.05, 4.69) is 146 Å². The van der Waals surface area contributed by atoms with Gasteiger partial charge in [-0.1, -0.05) is 135 Å². The Bertz CT molecular complexity index is 1660. The zero-order chi connectivity index (χ0) is 37.8. The van der Waals surface area contributed by atoms with Crippen molar-refractivity contribution in [3.63, 3.8) is 0 Å². The van der Waals surface area contributed by atoms with Gasteiger partial charge in [0.1, 0.15) is 9.58 Å². The minimum atomic E-state index is -0.841. The molecule has 7 atom stereocenters. The summed E-state index contributed by atoms with van der Waals surface area (Å²) in [5, 5.41) is 8.62. The van der Waals surface area contributed by atoms with Crippen molar-refractivity contribution < 1.29 is 9.47 Å². The predicted octanol–water partition coefficient (Wildman–Crippen LogP) is 9.86. The number of hydrogen-bond donors (Lipinski definition) is 5. The molecule has 4 N–H and O–H groups in total. The predicted molar refractivity (Wildman–Crippen MR) is 244 cm³/mol. The van der Waals surface area contributed by atoms with Crippen LogP contribution in [0.15, 0.2) is 121 Å². The van der Waals surface area contributed by atoms with Crippen LogP contribution in [0, 0.1) is 5.92 Å². The van der Waals surface area contributed by atoms with Gasteiger partial charge in [-0.2, -0.15) is 25.3 Å². The van der Waals surface area contributed by atoms with Crippen molar-refractivity contribution >= 4 is 72.3 Å². The zero-order valence-electron chi connectivity index (χ0n) is 31.2. The molecule has 2 heterocycles. The Labute approximate surface area is 351 Å². The highest BCUT2D eigenvalue weighted by atomic mass is 32.2. The van der Waals surface area contributed by atoms with E-state index in [-0.39, 0.29) is 27.3 Å². The molecule has 4 aromatic carbocycles. The molecule has 0 bridgehead atoms. The largest absolute Gasteiger partial charge is 0.345 e. The summed E-state index contributed by atoms with van der Waals surface area (Å²) in [4.78, 5) is 0. The van der Waals surface area contributed by atoms with E-state index in [1.54, 1.807) is 0 Å². The van der Waals surface area contributed by atoms with E-state index >= 15 is 0 Å². The van der Waals surface area contributed by atoms with Crippen molar-refractivity contribution in [3.8, 4) is 0 Å². The van der Waals surface area contributed by atoms with Crippen LogP contribution in [0.2, 0.25) is 0 Å². The van der Waals surface area contributed by atoms with Crippen molar-refractivity contribution in [1.29, 1.82) is 0 Å². The average Bonchev–Trinajstić information content (AvgIpc) is 3.84. The van der Waals surface area contributed by atoms with Gasteiger partial charge in [0.15, 0.2) is 5.79 Å². The second-order valence-corrected chi connectivity index (χ2v) is 21.1. The number of thioether (sulfide) groups is 4. The highest BCUT2D eigenvalue weighted by Gasteiger charge is 2.47. The highest BCUT2D eigenvalue weighted by Crippen LogP contribution is 2.51. The monoisotopic (exact) mass is 837 g/mol. The first-order chi connectivity index (χ1) is 26.2. The Morgan fingerprint density at radius 2 is 1.31 bits per heavy atom. The van der Waals surface area contributed by atoms with Gasteiger partial charge in [-0.3, -0.25) is 5.32 Å². The fourth-order valence-corrected chi connectivity index (χ4v) is 13.3. The Morgan fingerprint density at radius 3 is 1.89 bits per heavy atom. The smallest absolute Gasteiger partial charge is 0.197 e. The minimum absolute atomic E-state index is 0.0439. The molecule has 54 heavy (non-hydrogen) atoms. The fourth-order valence-electron chi connectivity index (χ4n) is 6.92. The van der Waals surface area contributed by atoms with E-state index in [0.717, 1.165) is 23.7 Å². The number of benzene rings is 4. The molecule has 0 amide bonds. The first-order valence-electron chi connectivity index (χ1n) is 18.9. The molecule has 0 aliphatic carbocycles. The molecular formula is C43H55N3O2S6. The Kier molecular flexibility index (Phi) is 16.5. The molecule has 5 nitrogen and oxygen atoms in total. The number of ether oxygens (including phenoxy) is 2. The van der Waals surface area contributed by atoms with Gasteiger partial charge in [0.25, 0.3) is 0 Å². The number of hydrogen-bond acceptors (Lipinski definition) is 11. The van der Waals surface area contributed by atoms with Gasteiger partial charge in [-0.15, -0.1) is 47.0 Å². The van der Waals surface area contributed by atoms with E-state index in [0.29, 0.717) is 37.3 Å². The highest BCUT2D eigenvalue weighted by molar-refractivity contribution is 8.21. The summed E-state index contributed by atoms with van der Waals surface area (Å²) in [5.74, 6) is 2.23. The quantitative estimate of drug-likeness (QED) is 0.0443. The van der Waals surface area contributed by atoms with Crippen LogP contribution in [0.4, 0.5) is 0 Å².